The molecule has 1 N–H and O–H groups in total. The fourth-order valence-electron chi connectivity index (χ4n) is 2.69. The first-order valence-electron chi connectivity index (χ1n) is 6.75. The molecule has 0 bridgehead atoms. The van der Waals surface area contributed by atoms with E-state index in [4.69, 9.17) is 4.74 Å². The monoisotopic (exact) mass is 302 g/mol. The minimum atomic E-state index is -3.31. The fourth-order valence-corrected chi connectivity index (χ4v) is 4.01. The van der Waals surface area contributed by atoms with Gasteiger partial charge in [0.05, 0.1) is 5.54 Å². The van der Waals surface area contributed by atoms with Crippen LogP contribution in [0.15, 0.2) is 11.5 Å². The molecule has 0 radical (unpaired) electrons. The maximum absolute atomic E-state index is 12.1. The van der Waals surface area contributed by atoms with E-state index in [-0.39, 0.29) is 12.1 Å². The van der Waals surface area contributed by atoms with Gasteiger partial charge >= 0.3 is 6.09 Å². The van der Waals surface area contributed by atoms with Gasteiger partial charge in [0.1, 0.15) is 5.60 Å². The average molecular weight is 302 g/mol. The van der Waals surface area contributed by atoms with Gasteiger partial charge in [0.2, 0.25) is 10.0 Å². The number of carbonyl (C=O) groups excluding carboxylic acids is 1. The highest BCUT2D eigenvalue weighted by molar-refractivity contribution is 7.92. The third-order valence-corrected chi connectivity index (χ3v) is 4.72. The third-order valence-electron chi connectivity index (χ3n) is 3.53. The van der Waals surface area contributed by atoms with Gasteiger partial charge in [-0.15, -0.1) is 0 Å². The van der Waals surface area contributed by atoms with E-state index in [0.29, 0.717) is 19.4 Å². The van der Waals surface area contributed by atoms with Crippen molar-refractivity contribution in [2.45, 2.75) is 57.7 Å². The van der Waals surface area contributed by atoms with E-state index >= 15 is 0 Å². The van der Waals surface area contributed by atoms with Crippen molar-refractivity contribution in [3.63, 3.8) is 0 Å². The van der Waals surface area contributed by atoms with Crippen molar-refractivity contribution in [2.24, 2.45) is 0 Å². The summed E-state index contributed by atoms with van der Waals surface area (Å²) in [7, 11) is -3.31. The lowest BCUT2D eigenvalue weighted by Gasteiger charge is -2.42. The second kappa shape index (κ2) is 4.73. The number of ether oxygens (including phenoxy) is 1. The number of hydrogen-bond acceptors (Lipinski definition) is 4. The lowest BCUT2D eigenvalue weighted by molar-refractivity contribution is 0.00690. The maximum Gasteiger partial charge on any atom is 0.410 e. The van der Waals surface area contributed by atoms with Crippen molar-refractivity contribution in [3.8, 4) is 0 Å². The molecule has 1 spiro atoms. The van der Waals surface area contributed by atoms with Gasteiger partial charge in [-0.25, -0.2) is 17.9 Å². The summed E-state index contributed by atoms with van der Waals surface area (Å²) < 4.78 is 31.1. The van der Waals surface area contributed by atoms with Crippen molar-refractivity contribution in [1.82, 2.24) is 9.62 Å². The zero-order valence-electron chi connectivity index (χ0n) is 12.3. The van der Waals surface area contributed by atoms with Crippen LogP contribution in [0, 0.1) is 0 Å². The summed E-state index contributed by atoms with van der Waals surface area (Å²) in [5, 5.41) is 1.21. The summed E-state index contributed by atoms with van der Waals surface area (Å²) in [6.07, 6.45) is 2.48. The molecule has 0 aromatic carbocycles. The fraction of sp³-hybridized carbons (Fsp3) is 0.769. The number of nitrogens with one attached hydrogen (secondary N) is 1. The molecule has 1 fully saturated rings. The Morgan fingerprint density at radius 2 is 2.10 bits per heavy atom. The molecule has 1 amide bonds. The lowest BCUT2D eigenvalue weighted by Crippen LogP contribution is -2.56. The average Bonchev–Trinajstić information content (AvgIpc) is 2.51. The normalized spacial score (nSPS) is 32.6. The predicted octanol–water partition coefficient (Wildman–Crippen LogP) is 1.59. The maximum atomic E-state index is 12.1. The van der Waals surface area contributed by atoms with Crippen molar-refractivity contribution in [3.05, 3.63) is 11.5 Å². The van der Waals surface area contributed by atoms with E-state index in [1.807, 2.05) is 27.7 Å². The number of likely N-dealkylation sites (tertiary alicyclic amines) is 1. The van der Waals surface area contributed by atoms with E-state index in [1.165, 1.54) is 5.41 Å². The lowest BCUT2D eigenvalue weighted by atomic mass is 9.85. The summed E-state index contributed by atoms with van der Waals surface area (Å²) in [4.78, 5) is 13.8. The molecule has 0 aromatic rings. The van der Waals surface area contributed by atoms with E-state index in [1.54, 1.807) is 11.0 Å². The van der Waals surface area contributed by atoms with E-state index < -0.39 is 21.2 Å². The van der Waals surface area contributed by atoms with Crippen LogP contribution in [0.4, 0.5) is 4.79 Å². The van der Waals surface area contributed by atoms with Crippen LogP contribution in [-0.2, 0) is 14.8 Å². The summed E-state index contributed by atoms with van der Waals surface area (Å²) in [6, 6.07) is -0.0796. The molecular formula is C13H22N2O4S. The molecule has 0 aliphatic carbocycles. The summed E-state index contributed by atoms with van der Waals surface area (Å²) in [6.45, 7) is 7.87. The second-order valence-electron chi connectivity index (χ2n) is 6.58. The standard InChI is InChI=1S/C13H22N2O4S/c1-10-9-13(6-8-20(17,18)14-13)5-7-15(10)11(16)19-12(2,3)4/h6,8,10,14H,5,7,9H2,1-4H3. The van der Waals surface area contributed by atoms with Crippen LogP contribution >= 0.6 is 0 Å². The van der Waals surface area contributed by atoms with Crippen LogP contribution in [0.3, 0.4) is 0 Å². The Kier molecular flexibility index (Phi) is 3.62. The van der Waals surface area contributed by atoms with Crippen molar-refractivity contribution in [2.75, 3.05) is 6.54 Å². The quantitative estimate of drug-likeness (QED) is 0.737. The molecule has 114 valence electrons. The Morgan fingerprint density at radius 1 is 1.45 bits per heavy atom. The van der Waals surface area contributed by atoms with Crippen LogP contribution in [0.5, 0.6) is 0 Å². The van der Waals surface area contributed by atoms with Crippen molar-refractivity contribution < 1.29 is 17.9 Å². The second-order valence-corrected chi connectivity index (χ2v) is 8.15. The minimum absolute atomic E-state index is 0.0796. The van der Waals surface area contributed by atoms with Gasteiger partial charge in [0, 0.05) is 18.0 Å². The molecule has 20 heavy (non-hydrogen) atoms. The molecule has 0 saturated carbocycles. The molecule has 2 atom stereocenters. The number of nitrogens with zero attached hydrogens (tertiary/aromatic N) is 1. The van der Waals surface area contributed by atoms with Crippen LogP contribution in [0.25, 0.3) is 0 Å². The Labute approximate surface area is 120 Å². The topological polar surface area (TPSA) is 75.7 Å². The zero-order chi connectivity index (χ0) is 15.2. The Bertz CT molecular complexity index is 535. The number of sulfonamides is 1. The van der Waals surface area contributed by atoms with Crippen LogP contribution in [-0.4, -0.2) is 43.1 Å². The molecule has 2 rings (SSSR count). The molecule has 2 unspecified atom stereocenters. The highest BCUT2D eigenvalue weighted by Gasteiger charge is 2.44. The highest BCUT2D eigenvalue weighted by atomic mass is 32.2. The van der Waals surface area contributed by atoms with Crippen LogP contribution in [0.1, 0.15) is 40.5 Å². The Hall–Kier alpha value is -1.08. The zero-order valence-corrected chi connectivity index (χ0v) is 13.2. The molecule has 1 saturated heterocycles. The number of carbonyl (C=O) groups is 1. The first-order valence-corrected chi connectivity index (χ1v) is 8.29. The van der Waals surface area contributed by atoms with Gasteiger partial charge in [-0.3, -0.25) is 0 Å². The molecule has 2 aliphatic rings. The van der Waals surface area contributed by atoms with E-state index in [9.17, 15) is 13.2 Å². The highest BCUT2D eigenvalue weighted by Crippen LogP contribution is 2.33. The molecule has 2 heterocycles. The summed E-state index contributed by atoms with van der Waals surface area (Å²) in [5.41, 5.74) is -1.07. The van der Waals surface area contributed by atoms with Gasteiger partial charge in [-0.2, -0.15) is 0 Å². The van der Waals surface area contributed by atoms with Crippen molar-refractivity contribution >= 4 is 16.1 Å². The third kappa shape index (κ3) is 3.32. The predicted molar refractivity (Wildman–Crippen MR) is 75.6 cm³/mol. The number of amides is 1. The van der Waals surface area contributed by atoms with Crippen LogP contribution < -0.4 is 4.72 Å². The first-order chi connectivity index (χ1) is 9.02. The van der Waals surface area contributed by atoms with Crippen molar-refractivity contribution in [1.29, 1.82) is 0 Å². The number of piperidine rings is 1. The largest absolute Gasteiger partial charge is 0.444 e. The van der Waals surface area contributed by atoms with Gasteiger partial charge in [-0.05, 0) is 40.5 Å². The van der Waals surface area contributed by atoms with E-state index in [0.717, 1.165) is 0 Å². The van der Waals surface area contributed by atoms with Crippen LogP contribution in [0.2, 0.25) is 0 Å². The molecule has 2 aliphatic heterocycles. The first kappa shape index (κ1) is 15.3. The van der Waals surface area contributed by atoms with Gasteiger partial charge in [0.15, 0.2) is 0 Å². The number of hydrogen-bond donors (Lipinski definition) is 1. The minimum Gasteiger partial charge on any atom is -0.444 e. The molecule has 6 nitrogen and oxygen atoms in total. The molecular weight excluding hydrogens is 280 g/mol. The summed E-state index contributed by atoms with van der Waals surface area (Å²) in [5.74, 6) is 0. The van der Waals surface area contributed by atoms with Gasteiger partial charge in [0.25, 0.3) is 0 Å². The van der Waals surface area contributed by atoms with Gasteiger partial charge in [-0.1, -0.05) is 6.08 Å². The molecule has 7 heteroatoms. The smallest absolute Gasteiger partial charge is 0.410 e. The number of rotatable bonds is 0. The Balaban J connectivity index is 2.04. The summed E-state index contributed by atoms with van der Waals surface area (Å²) >= 11 is 0. The van der Waals surface area contributed by atoms with Gasteiger partial charge < -0.3 is 9.64 Å². The SMILES string of the molecule is CC1CC2(C=CS(=O)(=O)N2)CCN1C(=O)OC(C)(C)C. The molecule has 0 aromatic heterocycles. The van der Waals surface area contributed by atoms with E-state index in [2.05, 4.69) is 4.72 Å². The Morgan fingerprint density at radius 3 is 2.55 bits per heavy atom.